The fraction of sp³-hybridized carbons (Fsp3) is 0.259. The van der Waals surface area contributed by atoms with Crippen LogP contribution in [-0.2, 0) is 14.2 Å². The number of nitrogens with zero attached hydrogens (tertiary/aromatic N) is 2. The smallest absolute Gasteiger partial charge is 0.343 e. The van der Waals surface area contributed by atoms with Crippen molar-refractivity contribution >= 4 is 23.3 Å². The number of para-hydroxylation sites is 1. The molecule has 10 heteroatoms. The van der Waals surface area contributed by atoms with E-state index < -0.39 is 10.9 Å². The third-order valence-corrected chi connectivity index (χ3v) is 5.20. The van der Waals surface area contributed by atoms with Crippen molar-refractivity contribution in [2.75, 3.05) is 51.6 Å². The second-order valence-corrected chi connectivity index (χ2v) is 7.73. The van der Waals surface area contributed by atoms with Crippen molar-refractivity contribution in [3.63, 3.8) is 0 Å². The van der Waals surface area contributed by atoms with Gasteiger partial charge in [0.15, 0.2) is 0 Å². The number of methoxy groups -OCH3 is 1. The van der Waals surface area contributed by atoms with Crippen LogP contribution in [0.25, 0.3) is 0 Å². The van der Waals surface area contributed by atoms with Crippen molar-refractivity contribution in [3.8, 4) is 5.75 Å². The molecule has 3 rings (SSSR count). The summed E-state index contributed by atoms with van der Waals surface area (Å²) in [4.78, 5) is 37.7. The summed E-state index contributed by atoms with van der Waals surface area (Å²) >= 11 is 0. The highest BCUT2D eigenvalue weighted by Crippen LogP contribution is 2.21. The third-order valence-electron chi connectivity index (χ3n) is 5.20. The van der Waals surface area contributed by atoms with Gasteiger partial charge in [0.1, 0.15) is 5.75 Å². The average Bonchev–Trinajstić information content (AvgIpc) is 2.92. The molecule has 0 spiro atoms. The zero-order chi connectivity index (χ0) is 26.5. The second-order valence-electron chi connectivity index (χ2n) is 7.73. The summed E-state index contributed by atoms with van der Waals surface area (Å²) in [6, 6.07) is 20.5. The van der Waals surface area contributed by atoms with Crippen LogP contribution in [0, 0.1) is 10.1 Å². The van der Waals surface area contributed by atoms with E-state index in [2.05, 4.69) is 0 Å². The molecule has 37 heavy (non-hydrogen) atoms. The summed E-state index contributed by atoms with van der Waals surface area (Å²) in [5.74, 6) is -0.466. The number of anilines is 1. The molecular formula is C27H28N2O8. The van der Waals surface area contributed by atoms with Crippen molar-refractivity contribution in [1.29, 1.82) is 0 Å². The summed E-state index contributed by atoms with van der Waals surface area (Å²) in [6.45, 7) is 2.12. The van der Waals surface area contributed by atoms with Gasteiger partial charge in [-0.2, -0.15) is 0 Å². The number of nitro benzene ring substituents is 1. The molecule has 0 N–H and O–H groups in total. The molecule has 0 aliphatic carbocycles. The lowest BCUT2D eigenvalue weighted by molar-refractivity contribution is -0.384. The standard InChI is InChI=1S/C27H28N2O8/c1-34-17-18-36-20-19-35-16-15-28(26(30)21-7-13-24(14-8-21)29(32)33)23-11-9-22(10-12-23)27(31)37-25-5-3-2-4-6-25/h2-14H,15-20H2,1H3. The van der Waals surface area contributed by atoms with Gasteiger partial charge < -0.3 is 23.8 Å². The van der Waals surface area contributed by atoms with Crippen LogP contribution in [-0.4, -0.2) is 63.5 Å². The van der Waals surface area contributed by atoms with Crippen molar-refractivity contribution in [2.24, 2.45) is 0 Å². The number of carbonyl (C=O) groups is 2. The largest absolute Gasteiger partial charge is 0.423 e. The molecule has 0 bridgehead atoms. The number of hydrogen-bond acceptors (Lipinski definition) is 8. The Hall–Kier alpha value is -4.12. The molecule has 0 atom stereocenters. The Balaban J connectivity index is 1.69. The van der Waals surface area contributed by atoms with Crippen LogP contribution in [0.2, 0.25) is 0 Å². The Morgan fingerprint density at radius 3 is 2.00 bits per heavy atom. The Morgan fingerprint density at radius 2 is 1.38 bits per heavy atom. The van der Waals surface area contributed by atoms with E-state index in [1.807, 2.05) is 6.07 Å². The number of hydrogen-bond donors (Lipinski definition) is 0. The molecule has 0 heterocycles. The van der Waals surface area contributed by atoms with Gasteiger partial charge in [0.2, 0.25) is 0 Å². The van der Waals surface area contributed by atoms with E-state index in [4.69, 9.17) is 18.9 Å². The first kappa shape index (κ1) is 27.5. The molecule has 0 fully saturated rings. The Morgan fingerprint density at radius 1 is 0.784 bits per heavy atom. The average molecular weight is 509 g/mol. The number of non-ortho nitro benzene ring substituents is 1. The monoisotopic (exact) mass is 508 g/mol. The molecule has 0 aromatic heterocycles. The topological polar surface area (TPSA) is 117 Å². The highest BCUT2D eigenvalue weighted by Gasteiger charge is 2.20. The maximum absolute atomic E-state index is 13.3. The van der Waals surface area contributed by atoms with E-state index in [0.717, 1.165) is 0 Å². The number of amides is 1. The zero-order valence-corrected chi connectivity index (χ0v) is 20.4. The van der Waals surface area contributed by atoms with Gasteiger partial charge in [-0.3, -0.25) is 14.9 Å². The summed E-state index contributed by atoms with van der Waals surface area (Å²) in [7, 11) is 1.59. The molecule has 0 unspecified atom stereocenters. The highest BCUT2D eigenvalue weighted by molar-refractivity contribution is 6.06. The van der Waals surface area contributed by atoms with E-state index in [0.29, 0.717) is 43.4 Å². The maximum Gasteiger partial charge on any atom is 0.343 e. The number of rotatable bonds is 14. The summed E-state index contributed by atoms with van der Waals surface area (Å²) in [5, 5.41) is 11.0. The summed E-state index contributed by atoms with van der Waals surface area (Å²) in [6.07, 6.45) is 0. The minimum Gasteiger partial charge on any atom is -0.423 e. The van der Waals surface area contributed by atoms with Crippen LogP contribution in [0.4, 0.5) is 11.4 Å². The Kier molecular flexibility index (Phi) is 10.7. The quantitative estimate of drug-likeness (QED) is 0.105. The number of benzene rings is 3. The molecule has 0 radical (unpaired) electrons. The molecule has 3 aromatic carbocycles. The van der Waals surface area contributed by atoms with Crippen LogP contribution in [0.5, 0.6) is 5.75 Å². The van der Waals surface area contributed by atoms with Crippen molar-refractivity contribution in [1.82, 2.24) is 0 Å². The summed E-state index contributed by atoms with van der Waals surface area (Å²) < 4.78 is 21.2. The lowest BCUT2D eigenvalue weighted by atomic mass is 10.1. The van der Waals surface area contributed by atoms with Gasteiger partial charge in [0, 0.05) is 37.0 Å². The lowest BCUT2D eigenvalue weighted by Gasteiger charge is -2.23. The first-order valence-electron chi connectivity index (χ1n) is 11.6. The third kappa shape index (κ3) is 8.50. The van der Waals surface area contributed by atoms with Gasteiger partial charge in [-0.25, -0.2) is 4.79 Å². The molecule has 0 aliphatic heterocycles. The van der Waals surface area contributed by atoms with Gasteiger partial charge in [0.25, 0.3) is 11.6 Å². The molecule has 1 amide bonds. The normalized spacial score (nSPS) is 10.6. The highest BCUT2D eigenvalue weighted by atomic mass is 16.6. The fourth-order valence-corrected chi connectivity index (χ4v) is 3.28. The van der Waals surface area contributed by atoms with Gasteiger partial charge in [-0.05, 0) is 48.5 Å². The first-order valence-corrected chi connectivity index (χ1v) is 11.6. The van der Waals surface area contributed by atoms with Crippen LogP contribution in [0.1, 0.15) is 20.7 Å². The number of esters is 1. The van der Waals surface area contributed by atoms with E-state index in [1.165, 1.54) is 29.2 Å². The van der Waals surface area contributed by atoms with Gasteiger partial charge >= 0.3 is 5.97 Å². The van der Waals surface area contributed by atoms with Crippen molar-refractivity contribution < 1.29 is 33.5 Å². The molecule has 0 saturated carbocycles. The lowest BCUT2D eigenvalue weighted by Crippen LogP contribution is -2.34. The van der Waals surface area contributed by atoms with Crippen LogP contribution < -0.4 is 9.64 Å². The molecular weight excluding hydrogens is 480 g/mol. The SMILES string of the molecule is COCCOCCOCCN(C(=O)c1ccc([N+](=O)[O-])cc1)c1ccc(C(=O)Oc2ccccc2)cc1. The Bertz CT molecular complexity index is 1150. The van der Waals surface area contributed by atoms with Crippen molar-refractivity contribution in [2.45, 2.75) is 0 Å². The van der Waals surface area contributed by atoms with Crippen LogP contribution in [0.15, 0.2) is 78.9 Å². The first-order chi connectivity index (χ1) is 18.0. The zero-order valence-electron chi connectivity index (χ0n) is 20.4. The van der Waals surface area contributed by atoms with Crippen LogP contribution >= 0.6 is 0 Å². The van der Waals surface area contributed by atoms with E-state index >= 15 is 0 Å². The number of carbonyl (C=O) groups excluding carboxylic acids is 2. The molecule has 194 valence electrons. The summed E-state index contributed by atoms with van der Waals surface area (Å²) in [5.41, 5.74) is 1.02. The van der Waals surface area contributed by atoms with E-state index in [9.17, 15) is 19.7 Å². The minimum absolute atomic E-state index is 0.110. The predicted octanol–water partition coefficient (Wildman–Crippen LogP) is 4.14. The fourth-order valence-electron chi connectivity index (χ4n) is 3.28. The van der Waals surface area contributed by atoms with Gasteiger partial charge in [0.05, 0.1) is 43.5 Å². The molecule has 10 nitrogen and oxygen atoms in total. The van der Waals surface area contributed by atoms with Crippen molar-refractivity contribution in [3.05, 3.63) is 100 Å². The van der Waals surface area contributed by atoms with Gasteiger partial charge in [-0.1, -0.05) is 18.2 Å². The maximum atomic E-state index is 13.3. The van der Waals surface area contributed by atoms with E-state index in [1.54, 1.807) is 55.6 Å². The Labute approximate surface area is 214 Å². The minimum atomic E-state index is -0.526. The molecule has 0 aliphatic rings. The molecule has 0 saturated heterocycles. The molecule has 3 aromatic rings. The second kappa shape index (κ2) is 14.4. The number of nitro groups is 1. The van der Waals surface area contributed by atoms with E-state index in [-0.39, 0.29) is 30.3 Å². The van der Waals surface area contributed by atoms with Crippen LogP contribution in [0.3, 0.4) is 0 Å². The number of ether oxygens (including phenoxy) is 4. The van der Waals surface area contributed by atoms with Gasteiger partial charge in [-0.15, -0.1) is 0 Å². The predicted molar refractivity (Wildman–Crippen MR) is 136 cm³/mol.